The van der Waals surface area contributed by atoms with Crippen LogP contribution >= 0.6 is 15.9 Å². The Morgan fingerprint density at radius 2 is 1.73 bits per heavy atom. The molecule has 0 aromatic heterocycles. The summed E-state index contributed by atoms with van der Waals surface area (Å²) >= 11 is 3.43. The molecule has 0 aliphatic carbocycles. The van der Waals surface area contributed by atoms with E-state index in [9.17, 15) is 4.79 Å². The first-order valence-corrected chi connectivity index (χ1v) is 6.48. The lowest BCUT2D eigenvalue weighted by Crippen LogP contribution is -2.50. The highest BCUT2D eigenvalue weighted by molar-refractivity contribution is 9.09. The number of amides is 1. The van der Waals surface area contributed by atoms with Gasteiger partial charge in [0.1, 0.15) is 5.60 Å². The lowest BCUT2D eigenvalue weighted by atomic mass is 9.96. The van der Waals surface area contributed by atoms with E-state index in [0.29, 0.717) is 0 Å². The second-order valence-electron chi connectivity index (χ2n) is 4.75. The molecule has 0 aliphatic rings. The molecule has 90 valence electrons. The predicted octanol–water partition coefficient (Wildman–Crippen LogP) is 3.46. The Bertz CT molecular complexity index is 199. The van der Waals surface area contributed by atoms with Crippen molar-refractivity contribution in [2.75, 3.05) is 5.33 Å². The van der Waals surface area contributed by atoms with E-state index in [1.165, 1.54) is 0 Å². The molecule has 0 saturated heterocycles. The molecule has 0 aromatic rings. The Morgan fingerprint density at radius 1 is 1.27 bits per heavy atom. The number of ether oxygens (including phenoxy) is 1. The summed E-state index contributed by atoms with van der Waals surface area (Å²) in [6.45, 7) is 9.70. The van der Waals surface area contributed by atoms with Gasteiger partial charge in [-0.3, -0.25) is 0 Å². The molecule has 0 radical (unpaired) electrons. The van der Waals surface area contributed by atoms with Crippen molar-refractivity contribution in [3.8, 4) is 0 Å². The van der Waals surface area contributed by atoms with Crippen molar-refractivity contribution in [2.45, 2.75) is 58.6 Å². The van der Waals surface area contributed by atoms with Gasteiger partial charge in [0.25, 0.3) is 0 Å². The number of carbonyl (C=O) groups excluding carboxylic acids is 1. The van der Waals surface area contributed by atoms with Crippen LogP contribution in [0.15, 0.2) is 0 Å². The van der Waals surface area contributed by atoms with Gasteiger partial charge in [-0.1, -0.05) is 29.8 Å². The Kier molecular flexibility index (Phi) is 5.63. The first-order chi connectivity index (χ1) is 6.78. The van der Waals surface area contributed by atoms with Crippen molar-refractivity contribution >= 4 is 22.0 Å². The number of carbonyl (C=O) groups is 1. The third kappa shape index (κ3) is 5.40. The standard InChI is InChI=1S/C11H22BrNO2/c1-6-11(7-2,8-12)13-9(14)15-10(3,4)5/h6-8H2,1-5H3,(H,13,14). The fourth-order valence-electron chi connectivity index (χ4n) is 1.17. The van der Waals surface area contributed by atoms with Crippen LogP contribution in [0.1, 0.15) is 47.5 Å². The fourth-order valence-corrected chi connectivity index (χ4v) is 2.10. The van der Waals surface area contributed by atoms with Gasteiger partial charge in [0.15, 0.2) is 0 Å². The van der Waals surface area contributed by atoms with Gasteiger partial charge < -0.3 is 10.1 Å². The molecule has 0 fully saturated rings. The van der Waals surface area contributed by atoms with Gasteiger partial charge in [0.05, 0.1) is 5.54 Å². The lowest BCUT2D eigenvalue weighted by molar-refractivity contribution is 0.0461. The minimum Gasteiger partial charge on any atom is -0.444 e. The van der Waals surface area contributed by atoms with Crippen LogP contribution in [-0.4, -0.2) is 22.6 Å². The van der Waals surface area contributed by atoms with Crippen LogP contribution in [-0.2, 0) is 4.74 Å². The third-order valence-corrected chi connectivity index (χ3v) is 3.45. The van der Waals surface area contributed by atoms with Crippen molar-refractivity contribution < 1.29 is 9.53 Å². The zero-order valence-corrected chi connectivity index (χ0v) is 11.9. The lowest BCUT2D eigenvalue weighted by Gasteiger charge is -2.32. The number of hydrogen-bond donors (Lipinski definition) is 1. The second-order valence-corrected chi connectivity index (χ2v) is 5.31. The van der Waals surface area contributed by atoms with E-state index >= 15 is 0 Å². The normalized spacial score (nSPS) is 12.4. The Morgan fingerprint density at radius 3 is 2.00 bits per heavy atom. The maximum absolute atomic E-state index is 11.6. The number of hydrogen-bond acceptors (Lipinski definition) is 2. The van der Waals surface area contributed by atoms with Crippen LogP contribution in [0.3, 0.4) is 0 Å². The Labute approximate surface area is 101 Å². The maximum atomic E-state index is 11.6. The van der Waals surface area contributed by atoms with Gasteiger partial charge in [-0.2, -0.15) is 0 Å². The summed E-state index contributed by atoms with van der Waals surface area (Å²) in [7, 11) is 0. The fraction of sp³-hybridized carbons (Fsp3) is 0.909. The maximum Gasteiger partial charge on any atom is 0.408 e. The average molecular weight is 280 g/mol. The van der Waals surface area contributed by atoms with E-state index < -0.39 is 5.60 Å². The highest BCUT2D eigenvalue weighted by Gasteiger charge is 2.29. The summed E-state index contributed by atoms with van der Waals surface area (Å²) in [4.78, 5) is 11.6. The van der Waals surface area contributed by atoms with Crippen molar-refractivity contribution in [1.29, 1.82) is 0 Å². The van der Waals surface area contributed by atoms with Crippen LogP contribution in [0.4, 0.5) is 4.79 Å². The largest absolute Gasteiger partial charge is 0.444 e. The Balaban J connectivity index is 4.36. The number of alkyl carbamates (subject to hydrolysis) is 1. The zero-order valence-electron chi connectivity index (χ0n) is 10.3. The van der Waals surface area contributed by atoms with E-state index in [1.54, 1.807) is 0 Å². The van der Waals surface area contributed by atoms with E-state index in [0.717, 1.165) is 18.2 Å². The highest BCUT2D eigenvalue weighted by atomic mass is 79.9. The molecular weight excluding hydrogens is 258 g/mol. The summed E-state index contributed by atoms with van der Waals surface area (Å²) in [6.07, 6.45) is 1.42. The van der Waals surface area contributed by atoms with E-state index in [4.69, 9.17) is 4.74 Å². The molecule has 1 amide bonds. The smallest absolute Gasteiger partial charge is 0.408 e. The molecule has 0 aromatic carbocycles. The minimum atomic E-state index is -0.441. The molecule has 0 saturated carbocycles. The molecule has 0 unspecified atom stereocenters. The van der Waals surface area contributed by atoms with Crippen molar-refractivity contribution in [3.05, 3.63) is 0 Å². The molecule has 0 rings (SSSR count). The monoisotopic (exact) mass is 279 g/mol. The summed E-state index contributed by atoms with van der Waals surface area (Å²) in [5.41, 5.74) is -0.633. The summed E-state index contributed by atoms with van der Waals surface area (Å²) < 4.78 is 5.23. The predicted molar refractivity (Wildman–Crippen MR) is 66.5 cm³/mol. The zero-order chi connectivity index (χ0) is 12.1. The van der Waals surface area contributed by atoms with Crippen LogP contribution in [0.2, 0.25) is 0 Å². The van der Waals surface area contributed by atoms with Crippen molar-refractivity contribution in [2.24, 2.45) is 0 Å². The first kappa shape index (κ1) is 14.8. The van der Waals surface area contributed by atoms with Crippen LogP contribution in [0.25, 0.3) is 0 Å². The molecule has 0 heterocycles. The molecule has 1 N–H and O–H groups in total. The van der Waals surface area contributed by atoms with Gasteiger partial charge in [-0.15, -0.1) is 0 Å². The SMILES string of the molecule is CCC(CC)(CBr)NC(=O)OC(C)(C)C. The molecule has 0 aliphatic heterocycles. The van der Waals surface area contributed by atoms with Crippen molar-refractivity contribution in [1.82, 2.24) is 5.32 Å². The second kappa shape index (κ2) is 5.73. The van der Waals surface area contributed by atoms with Crippen molar-refractivity contribution in [3.63, 3.8) is 0 Å². The van der Waals surface area contributed by atoms with Crippen LogP contribution < -0.4 is 5.32 Å². The van der Waals surface area contributed by atoms with Gasteiger partial charge in [-0.25, -0.2) is 4.79 Å². The topological polar surface area (TPSA) is 38.3 Å². The number of nitrogens with one attached hydrogen (secondary N) is 1. The molecule has 0 bridgehead atoms. The van der Waals surface area contributed by atoms with Crippen LogP contribution in [0, 0.1) is 0 Å². The molecule has 15 heavy (non-hydrogen) atoms. The van der Waals surface area contributed by atoms with Gasteiger partial charge in [0, 0.05) is 5.33 Å². The number of halogens is 1. The average Bonchev–Trinajstić information content (AvgIpc) is 2.11. The summed E-state index contributed by atoms with van der Waals surface area (Å²) in [5, 5.41) is 3.67. The van der Waals surface area contributed by atoms with Crippen LogP contribution in [0.5, 0.6) is 0 Å². The molecule has 4 heteroatoms. The third-order valence-electron chi connectivity index (χ3n) is 2.38. The summed E-state index contributed by atoms with van der Waals surface area (Å²) in [5.74, 6) is 0. The minimum absolute atomic E-state index is 0.192. The summed E-state index contributed by atoms with van der Waals surface area (Å²) in [6, 6.07) is 0. The van der Waals surface area contributed by atoms with E-state index in [2.05, 4.69) is 35.1 Å². The van der Waals surface area contributed by atoms with Gasteiger partial charge in [0.2, 0.25) is 0 Å². The molecule has 0 atom stereocenters. The highest BCUT2D eigenvalue weighted by Crippen LogP contribution is 2.19. The number of rotatable bonds is 4. The molecular formula is C11H22BrNO2. The quantitative estimate of drug-likeness (QED) is 0.801. The van der Waals surface area contributed by atoms with E-state index in [1.807, 2.05) is 20.8 Å². The first-order valence-electron chi connectivity index (χ1n) is 5.35. The Hall–Kier alpha value is -0.250. The van der Waals surface area contributed by atoms with Gasteiger partial charge >= 0.3 is 6.09 Å². The molecule has 3 nitrogen and oxygen atoms in total. The molecule has 0 spiro atoms. The van der Waals surface area contributed by atoms with E-state index in [-0.39, 0.29) is 11.6 Å². The van der Waals surface area contributed by atoms with Gasteiger partial charge in [-0.05, 0) is 33.6 Å². The number of alkyl halides is 1.